The fourth-order valence-corrected chi connectivity index (χ4v) is 3.40. The molecule has 1 N–H and O–H groups in total. The van der Waals surface area contributed by atoms with E-state index in [4.69, 9.17) is 4.74 Å². The minimum atomic E-state index is -0.822. The van der Waals surface area contributed by atoms with E-state index in [1.165, 1.54) is 0 Å². The molecular weight excluding hydrogens is 182 g/mol. The Labute approximate surface area is 97.6 Å². The molecular formula is C5H16B7NO2. The van der Waals surface area contributed by atoms with Gasteiger partial charge in [0.25, 0.3) is 0 Å². The average Bonchev–Trinajstić information content (AvgIpc) is 2.27. The molecule has 0 saturated carbocycles. The van der Waals surface area contributed by atoms with Crippen LogP contribution in [0.25, 0.3) is 0 Å². The van der Waals surface area contributed by atoms with Gasteiger partial charge in [0, 0.05) is 10.8 Å². The predicted molar refractivity (Wildman–Crippen MR) is 79.0 cm³/mol. The lowest BCUT2D eigenvalue weighted by molar-refractivity contribution is -0.202. The number of hydrogen-bond donors (Lipinski definition) is 1. The zero-order valence-corrected chi connectivity index (χ0v) is 10.7. The van der Waals surface area contributed by atoms with Crippen molar-refractivity contribution in [1.29, 1.82) is 0 Å². The summed E-state index contributed by atoms with van der Waals surface area (Å²) < 4.78 is 6.13. The number of aliphatic hydroxyl groups is 1. The summed E-state index contributed by atoms with van der Waals surface area (Å²) in [6.07, 6.45) is 0. The zero-order valence-electron chi connectivity index (χ0n) is 10.7. The van der Waals surface area contributed by atoms with E-state index in [9.17, 15) is 5.11 Å². The summed E-state index contributed by atoms with van der Waals surface area (Å²) in [4.78, 5) is 2.11. The minimum absolute atomic E-state index is 0.0722. The van der Waals surface area contributed by atoms with Gasteiger partial charge in [-0.25, -0.2) is 0 Å². The van der Waals surface area contributed by atoms with Crippen molar-refractivity contribution in [2.75, 3.05) is 7.05 Å². The van der Waals surface area contributed by atoms with Crippen molar-refractivity contribution in [3.8, 4) is 0 Å². The van der Waals surface area contributed by atoms with Crippen LogP contribution in [0.3, 0.4) is 0 Å². The van der Waals surface area contributed by atoms with Crippen molar-refractivity contribution < 1.29 is 9.84 Å². The first kappa shape index (κ1) is 11.8. The highest BCUT2D eigenvalue weighted by atomic mass is 16.5. The van der Waals surface area contributed by atoms with Gasteiger partial charge in [0.2, 0.25) is 0 Å². The number of ether oxygens (including phenoxy) is 1. The molecule has 2 heterocycles. The SMILES string of the molecule is BC1(B)OC(B)(B)C2(O)BBC1(B)N2C. The topological polar surface area (TPSA) is 32.7 Å². The van der Waals surface area contributed by atoms with E-state index >= 15 is 0 Å². The van der Waals surface area contributed by atoms with Crippen molar-refractivity contribution in [2.45, 2.75) is 21.8 Å². The molecule has 0 aliphatic carbocycles. The second-order valence-corrected chi connectivity index (χ2v) is 6.27. The van der Waals surface area contributed by atoms with Crippen LogP contribution in [0.1, 0.15) is 0 Å². The molecule has 15 heavy (non-hydrogen) atoms. The van der Waals surface area contributed by atoms with E-state index in [-0.39, 0.29) is 10.7 Å². The van der Waals surface area contributed by atoms with Gasteiger partial charge in [0.15, 0.2) is 0 Å². The third kappa shape index (κ3) is 1.16. The molecule has 2 fully saturated rings. The molecule has 10 heteroatoms. The molecule has 2 aliphatic heterocycles. The standard InChI is InChI=1S/C5H16B7NO2/c1-13-4(10)2(6,7)15-3(8,9)5(13,14)12-11-4/h11-12,14H,6-10H2,1H3. The lowest BCUT2D eigenvalue weighted by atomic mass is 9.22. The first-order valence-electron chi connectivity index (χ1n) is 5.73. The first-order chi connectivity index (χ1) is 6.57. The lowest BCUT2D eigenvalue weighted by Gasteiger charge is -2.63. The van der Waals surface area contributed by atoms with Crippen molar-refractivity contribution in [3.05, 3.63) is 0 Å². The number of nitrogens with zero attached hydrogens (tertiary/aromatic N) is 1. The van der Waals surface area contributed by atoms with Crippen molar-refractivity contribution in [3.63, 3.8) is 0 Å². The van der Waals surface area contributed by atoms with Crippen LogP contribution >= 0.6 is 0 Å². The molecule has 2 rings (SSSR count). The van der Waals surface area contributed by atoms with E-state index < -0.39 is 11.0 Å². The Hall–Kier alpha value is 0.335. The number of likely N-dealkylation sites (N-methyl/N-ethyl adjacent to an activating group) is 1. The van der Waals surface area contributed by atoms with Crippen LogP contribution in [0.2, 0.25) is 0 Å². The van der Waals surface area contributed by atoms with Crippen molar-refractivity contribution in [2.24, 2.45) is 0 Å². The maximum Gasteiger partial charge on any atom is 0.149 e. The van der Waals surface area contributed by atoms with E-state index in [2.05, 4.69) is 28.4 Å². The van der Waals surface area contributed by atoms with Gasteiger partial charge in [-0.3, -0.25) is 4.90 Å². The molecule has 0 amide bonds. The van der Waals surface area contributed by atoms with Crippen LogP contribution in [0.4, 0.5) is 0 Å². The van der Waals surface area contributed by atoms with Gasteiger partial charge >= 0.3 is 0 Å². The number of fused-ring (bicyclic) bond motifs is 2. The lowest BCUT2D eigenvalue weighted by Crippen LogP contribution is -2.81. The minimum Gasteiger partial charge on any atom is -0.400 e. The molecule has 2 bridgehead atoms. The molecule has 2 aliphatic rings. The second-order valence-electron chi connectivity index (χ2n) is 6.27. The Morgan fingerprint density at radius 3 is 2.13 bits per heavy atom. The van der Waals surface area contributed by atoms with Gasteiger partial charge in [-0.15, -0.1) is 0 Å². The summed E-state index contributed by atoms with van der Waals surface area (Å²) in [6.45, 7) is 0. The highest BCUT2D eigenvalue weighted by Crippen LogP contribution is 2.44. The summed E-state index contributed by atoms with van der Waals surface area (Å²) in [5.41, 5.74) is -0.822. The highest BCUT2D eigenvalue weighted by molar-refractivity contribution is 7.08. The molecule has 0 aromatic carbocycles. The van der Waals surface area contributed by atoms with Crippen LogP contribution in [-0.2, 0) is 4.74 Å². The maximum absolute atomic E-state index is 10.7. The number of rotatable bonds is 0. The molecule has 2 atom stereocenters. The summed E-state index contributed by atoms with van der Waals surface area (Å²) >= 11 is 0. The van der Waals surface area contributed by atoms with E-state index in [1.54, 1.807) is 0 Å². The van der Waals surface area contributed by atoms with Gasteiger partial charge in [0.1, 0.15) is 53.6 Å². The smallest absolute Gasteiger partial charge is 0.149 e. The Kier molecular flexibility index (Phi) is 2.18. The van der Waals surface area contributed by atoms with Gasteiger partial charge in [-0.05, 0) is 12.4 Å². The normalized spacial score (nSPS) is 46.8. The quantitative estimate of drug-likeness (QED) is 0.392. The Morgan fingerprint density at radius 1 is 1.07 bits per heavy atom. The number of morpholine rings is 1. The van der Waals surface area contributed by atoms with Gasteiger partial charge in [-0.1, -0.05) is 0 Å². The third-order valence-electron chi connectivity index (χ3n) is 5.03. The molecule has 2 unspecified atom stereocenters. The molecule has 2 saturated heterocycles. The van der Waals surface area contributed by atoms with Crippen LogP contribution in [0.5, 0.6) is 0 Å². The summed E-state index contributed by atoms with van der Waals surface area (Å²) in [5, 5.41) is 9.90. The maximum atomic E-state index is 10.7. The zero-order chi connectivity index (χ0) is 11.7. The van der Waals surface area contributed by atoms with E-state index in [0.717, 1.165) is 14.3 Å². The Morgan fingerprint density at radius 2 is 1.60 bits per heavy atom. The molecule has 74 valence electrons. The van der Waals surface area contributed by atoms with Gasteiger partial charge in [0.05, 0.1) is 5.62 Å². The fourth-order valence-electron chi connectivity index (χ4n) is 3.40. The Balaban J connectivity index is 2.53. The average molecular weight is 198 g/mol. The Bertz CT molecular complexity index is 284. The van der Waals surface area contributed by atoms with Gasteiger partial charge in [-0.2, -0.15) is 0 Å². The van der Waals surface area contributed by atoms with E-state index in [1.807, 2.05) is 22.7 Å². The van der Waals surface area contributed by atoms with Crippen LogP contribution < -0.4 is 0 Å². The second kappa shape index (κ2) is 2.77. The summed E-state index contributed by atoms with van der Waals surface area (Å²) in [6, 6.07) is 0. The van der Waals surface area contributed by atoms with Gasteiger partial charge < -0.3 is 9.84 Å². The first-order valence-corrected chi connectivity index (χ1v) is 5.73. The molecule has 0 spiro atoms. The summed E-state index contributed by atoms with van der Waals surface area (Å²) in [7, 11) is 14.2. The summed E-state index contributed by atoms with van der Waals surface area (Å²) in [5.74, 6) is 0. The molecule has 0 aromatic rings. The molecule has 0 radical (unpaired) electrons. The van der Waals surface area contributed by atoms with Crippen LogP contribution in [0.15, 0.2) is 0 Å². The van der Waals surface area contributed by atoms with Crippen molar-refractivity contribution in [1.82, 2.24) is 4.90 Å². The number of hydrogen-bond acceptors (Lipinski definition) is 3. The largest absolute Gasteiger partial charge is 0.400 e. The third-order valence-corrected chi connectivity index (χ3v) is 5.03. The fraction of sp³-hybridized carbons (Fsp3) is 1.00. The van der Waals surface area contributed by atoms with Crippen molar-refractivity contribution >= 4 is 53.6 Å². The predicted octanol–water partition coefficient (Wildman–Crippen LogP) is -7.48. The molecule has 3 nitrogen and oxygen atoms in total. The highest BCUT2D eigenvalue weighted by Gasteiger charge is 2.67. The van der Waals surface area contributed by atoms with Crippen LogP contribution in [-0.4, -0.2) is 92.4 Å². The van der Waals surface area contributed by atoms with Crippen LogP contribution in [0, 0.1) is 0 Å². The van der Waals surface area contributed by atoms with E-state index in [0.29, 0.717) is 0 Å². The molecule has 0 aromatic heterocycles. The monoisotopic (exact) mass is 199 g/mol.